The van der Waals surface area contributed by atoms with E-state index < -0.39 is 17.4 Å². The Morgan fingerprint density at radius 2 is 1.81 bits per heavy atom. The highest BCUT2D eigenvalue weighted by Gasteiger charge is 2.17. The highest BCUT2D eigenvalue weighted by atomic mass is 16.6. The van der Waals surface area contributed by atoms with Gasteiger partial charge < -0.3 is 15.4 Å². The largest absolute Gasteiger partial charge is 0.477 e. The number of nitro groups is 1. The summed E-state index contributed by atoms with van der Waals surface area (Å²) in [6.45, 7) is 3.42. The minimum atomic E-state index is -0.582. The van der Waals surface area contributed by atoms with Gasteiger partial charge in [-0.15, -0.1) is 0 Å². The van der Waals surface area contributed by atoms with Gasteiger partial charge in [0.1, 0.15) is 0 Å². The van der Waals surface area contributed by atoms with Gasteiger partial charge in [-0.2, -0.15) is 0 Å². The van der Waals surface area contributed by atoms with E-state index >= 15 is 0 Å². The Morgan fingerprint density at radius 3 is 2.52 bits per heavy atom. The summed E-state index contributed by atoms with van der Waals surface area (Å²) in [6.07, 6.45) is 0.782. The minimum absolute atomic E-state index is 0.000416. The molecule has 8 nitrogen and oxygen atoms in total. The number of amides is 2. The molecule has 27 heavy (non-hydrogen) atoms. The number of nitrogens with one attached hydrogen (secondary N) is 2. The zero-order chi connectivity index (χ0) is 19.8. The van der Waals surface area contributed by atoms with Crippen LogP contribution < -0.4 is 15.4 Å². The molecule has 2 rings (SSSR count). The number of hydrogen-bond donors (Lipinski definition) is 2. The van der Waals surface area contributed by atoms with Crippen LogP contribution in [0.5, 0.6) is 5.75 Å². The smallest absolute Gasteiger partial charge is 0.310 e. The van der Waals surface area contributed by atoms with E-state index in [0.717, 1.165) is 6.42 Å². The zero-order valence-corrected chi connectivity index (χ0v) is 15.1. The zero-order valence-electron chi connectivity index (χ0n) is 15.1. The molecule has 0 fully saturated rings. The van der Waals surface area contributed by atoms with Crippen LogP contribution in [0.25, 0.3) is 0 Å². The Balaban J connectivity index is 2.04. The van der Waals surface area contributed by atoms with Crippen molar-refractivity contribution in [3.8, 4) is 5.75 Å². The van der Waals surface area contributed by atoms with Crippen LogP contribution >= 0.6 is 0 Å². The number of benzene rings is 2. The lowest BCUT2D eigenvalue weighted by molar-refractivity contribution is -0.385. The van der Waals surface area contributed by atoms with Crippen LogP contribution in [0.2, 0.25) is 0 Å². The third kappa shape index (κ3) is 5.53. The molecule has 0 saturated heterocycles. The highest BCUT2D eigenvalue weighted by molar-refractivity contribution is 6.04. The number of para-hydroxylation sites is 3. The highest BCUT2D eigenvalue weighted by Crippen LogP contribution is 2.25. The molecule has 8 heteroatoms. The van der Waals surface area contributed by atoms with E-state index in [0.29, 0.717) is 11.3 Å². The number of ether oxygens (including phenoxy) is 1. The van der Waals surface area contributed by atoms with Crippen molar-refractivity contribution >= 4 is 23.2 Å². The quantitative estimate of drug-likeness (QED) is 0.547. The van der Waals surface area contributed by atoms with E-state index in [1.807, 2.05) is 13.8 Å². The van der Waals surface area contributed by atoms with Gasteiger partial charge in [0, 0.05) is 12.1 Å². The molecule has 2 N–H and O–H groups in total. The molecule has 1 atom stereocenters. The molecule has 0 spiro atoms. The Kier molecular flexibility index (Phi) is 6.87. The van der Waals surface area contributed by atoms with E-state index in [9.17, 15) is 19.7 Å². The van der Waals surface area contributed by atoms with Crippen LogP contribution in [-0.2, 0) is 4.79 Å². The summed E-state index contributed by atoms with van der Waals surface area (Å²) in [7, 11) is 0. The Hall–Kier alpha value is -3.42. The fraction of sp³-hybridized carbons (Fsp3) is 0.263. The molecular weight excluding hydrogens is 350 g/mol. The normalized spacial score (nSPS) is 11.3. The van der Waals surface area contributed by atoms with E-state index in [1.54, 1.807) is 30.3 Å². The Bertz CT molecular complexity index is 838. The average Bonchev–Trinajstić information content (AvgIpc) is 2.66. The van der Waals surface area contributed by atoms with E-state index in [4.69, 9.17) is 4.74 Å². The molecule has 142 valence electrons. The van der Waals surface area contributed by atoms with Crippen molar-refractivity contribution in [3.05, 3.63) is 64.2 Å². The van der Waals surface area contributed by atoms with Crippen molar-refractivity contribution in [2.45, 2.75) is 26.3 Å². The van der Waals surface area contributed by atoms with Crippen molar-refractivity contribution in [1.82, 2.24) is 5.32 Å². The van der Waals surface area contributed by atoms with Gasteiger partial charge in [-0.3, -0.25) is 19.7 Å². The second kappa shape index (κ2) is 9.33. The fourth-order valence-corrected chi connectivity index (χ4v) is 2.25. The van der Waals surface area contributed by atoms with Gasteiger partial charge in [0.05, 0.1) is 16.2 Å². The van der Waals surface area contributed by atoms with Crippen LogP contribution in [0.15, 0.2) is 48.5 Å². The van der Waals surface area contributed by atoms with Gasteiger partial charge in [0.2, 0.25) is 0 Å². The lowest BCUT2D eigenvalue weighted by Gasteiger charge is -2.14. The fourth-order valence-electron chi connectivity index (χ4n) is 2.25. The van der Waals surface area contributed by atoms with Crippen LogP contribution in [0.4, 0.5) is 11.4 Å². The Morgan fingerprint density at radius 1 is 1.15 bits per heavy atom. The number of anilines is 1. The molecule has 0 aliphatic rings. The standard InChI is InChI=1S/C19H21N3O5/c1-3-13(2)20-19(24)14-8-4-5-9-15(14)21-18(23)12-27-17-11-7-6-10-16(17)22(25)26/h4-11,13H,3,12H2,1-2H3,(H,20,24)(H,21,23). The first kappa shape index (κ1) is 19.9. The van der Waals surface area contributed by atoms with Crippen LogP contribution in [0.3, 0.4) is 0 Å². The minimum Gasteiger partial charge on any atom is -0.477 e. The maximum absolute atomic E-state index is 12.3. The third-order valence-corrected chi connectivity index (χ3v) is 3.86. The molecule has 2 amide bonds. The van der Waals surface area contributed by atoms with Gasteiger partial charge in [0.25, 0.3) is 11.8 Å². The van der Waals surface area contributed by atoms with Gasteiger partial charge in [-0.1, -0.05) is 31.2 Å². The van der Waals surface area contributed by atoms with Crippen LogP contribution in [0.1, 0.15) is 30.6 Å². The lowest BCUT2D eigenvalue weighted by atomic mass is 10.1. The summed E-state index contributed by atoms with van der Waals surface area (Å²) >= 11 is 0. The Labute approximate surface area is 156 Å². The summed E-state index contributed by atoms with van der Waals surface area (Å²) in [5.41, 5.74) is 0.449. The van der Waals surface area contributed by atoms with E-state index in [2.05, 4.69) is 10.6 Å². The summed E-state index contributed by atoms with van der Waals surface area (Å²) in [4.78, 5) is 34.9. The second-order valence-corrected chi connectivity index (χ2v) is 5.89. The van der Waals surface area contributed by atoms with Crippen molar-refractivity contribution in [3.63, 3.8) is 0 Å². The molecule has 0 aliphatic heterocycles. The molecule has 0 heterocycles. The molecule has 2 aromatic rings. The van der Waals surface area contributed by atoms with Gasteiger partial charge >= 0.3 is 5.69 Å². The topological polar surface area (TPSA) is 111 Å². The van der Waals surface area contributed by atoms with Crippen LogP contribution in [0, 0.1) is 10.1 Å². The summed E-state index contributed by atoms with van der Waals surface area (Å²) in [5.74, 6) is -0.822. The van der Waals surface area contributed by atoms with E-state index in [1.165, 1.54) is 18.2 Å². The third-order valence-electron chi connectivity index (χ3n) is 3.86. The van der Waals surface area contributed by atoms with Gasteiger partial charge in [0.15, 0.2) is 12.4 Å². The number of carbonyl (C=O) groups excluding carboxylic acids is 2. The summed E-state index contributed by atoms with van der Waals surface area (Å²) in [5, 5.41) is 16.4. The molecule has 1 unspecified atom stereocenters. The predicted molar refractivity (Wildman–Crippen MR) is 101 cm³/mol. The molecule has 2 aromatic carbocycles. The molecule has 0 radical (unpaired) electrons. The van der Waals surface area contributed by atoms with Crippen LogP contribution in [-0.4, -0.2) is 29.4 Å². The van der Waals surface area contributed by atoms with Crippen molar-refractivity contribution in [2.24, 2.45) is 0 Å². The number of hydrogen-bond acceptors (Lipinski definition) is 5. The maximum atomic E-state index is 12.3. The van der Waals surface area contributed by atoms with Crippen molar-refractivity contribution < 1.29 is 19.2 Å². The molecule has 0 aromatic heterocycles. The molecule has 0 aliphatic carbocycles. The van der Waals surface area contributed by atoms with Crippen molar-refractivity contribution in [2.75, 3.05) is 11.9 Å². The average molecular weight is 371 g/mol. The molecule has 0 saturated carbocycles. The number of rotatable bonds is 8. The lowest BCUT2D eigenvalue weighted by Crippen LogP contribution is -2.33. The second-order valence-electron chi connectivity index (χ2n) is 5.89. The van der Waals surface area contributed by atoms with Gasteiger partial charge in [-0.05, 0) is 31.5 Å². The summed E-state index contributed by atoms with van der Waals surface area (Å²) in [6, 6.07) is 12.4. The number of carbonyl (C=O) groups is 2. The first-order valence-electron chi connectivity index (χ1n) is 8.48. The number of nitrogens with zero attached hydrogens (tertiary/aromatic N) is 1. The molecule has 0 bridgehead atoms. The first-order chi connectivity index (χ1) is 12.9. The number of nitro benzene ring substituents is 1. The molecular formula is C19H21N3O5. The predicted octanol–water partition coefficient (Wildman–Crippen LogP) is 3.14. The monoisotopic (exact) mass is 371 g/mol. The van der Waals surface area contributed by atoms with E-state index in [-0.39, 0.29) is 23.4 Å². The summed E-state index contributed by atoms with van der Waals surface area (Å²) < 4.78 is 5.26. The maximum Gasteiger partial charge on any atom is 0.310 e. The SMILES string of the molecule is CCC(C)NC(=O)c1ccccc1NC(=O)COc1ccccc1[N+](=O)[O-]. The van der Waals surface area contributed by atoms with Crippen molar-refractivity contribution in [1.29, 1.82) is 0 Å². The van der Waals surface area contributed by atoms with Gasteiger partial charge in [-0.25, -0.2) is 0 Å². The first-order valence-corrected chi connectivity index (χ1v) is 8.48.